The van der Waals surface area contributed by atoms with Crippen molar-refractivity contribution >= 4 is 13.8 Å². The molecule has 0 saturated heterocycles. The summed E-state index contributed by atoms with van der Waals surface area (Å²) in [6, 6.07) is 0. The highest BCUT2D eigenvalue weighted by molar-refractivity contribution is 7.47. The minimum atomic E-state index is -4.30. The van der Waals surface area contributed by atoms with E-state index in [0.29, 0.717) is 17.4 Å². The molecule has 0 aromatic heterocycles. The number of phosphoric acid groups is 1. The van der Waals surface area contributed by atoms with Crippen molar-refractivity contribution in [1.29, 1.82) is 0 Å². The van der Waals surface area contributed by atoms with Crippen LogP contribution in [0.5, 0.6) is 0 Å². The molecule has 0 saturated carbocycles. The summed E-state index contributed by atoms with van der Waals surface area (Å²) in [5, 5.41) is 8.71. The molecule has 36 heavy (non-hydrogen) atoms. The average Bonchev–Trinajstić information content (AvgIpc) is 2.79. The molecular weight excluding hydrogens is 485 g/mol. The number of likely N-dealkylation sites (N-methyl/N-ethyl adjacent to an activating group) is 1. The number of allylic oxidation sites excluding steroid dienone is 2. The number of ether oxygens (including phenoxy) is 1. The Hall–Kier alpha value is -0.800. The molecule has 0 aliphatic heterocycles. The van der Waals surface area contributed by atoms with E-state index >= 15 is 0 Å². The highest BCUT2D eigenvalue weighted by Crippen LogP contribution is 2.43. The van der Waals surface area contributed by atoms with Crippen LogP contribution in [-0.4, -0.2) is 74.2 Å². The van der Waals surface area contributed by atoms with Gasteiger partial charge in [0.15, 0.2) is 6.10 Å². The second-order valence-corrected chi connectivity index (χ2v) is 11.8. The molecule has 0 aliphatic carbocycles. The molecule has 0 aromatic carbocycles. The topological polar surface area (TPSA) is 112 Å². The number of carbonyl (C=O) groups excluding carboxylic acids is 1. The van der Waals surface area contributed by atoms with E-state index in [1.807, 2.05) is 21.1 Å². The van der Waals surface area contributed by atoms with Gasteiger partial charge in [-0.3, -0.25) is 19.1 Å². The standard InChI is InChI=1S/C26H52NO8P/c1-5-6-7-8-9-10-11-12-13-14-15-16-17-18-19-20-26(28)35-25(23-32-29)24-34-36(30,31)33-22-21-27(2,3)4/h12-13,25H,5-11,14-24H2,1-4H3,(H-,29,30,31)/p+1/b13-12-/t25-/m1/s1. The van der Waals surface area contributed by atoms with Crippen LogP contribution in [0.25, 0.3) is 0 Å². The van der Waals surface area contributed by atoms with Gasteiger partial charge in [-0.2, -0.15) is 0 Å². The minimum Gasteiger partial charge on any atom is -0.457 e. The van der Waals surface area contributed by atoms with Gasteiger partial charge >= 0.3 is 13.8 Å². The van der Waals surface area contributed by atoms with Gasteiger partial charge in [-0.05, 0) is 32.1 Å². The SMILES string of the molecule is CCCCCCCC/C=C\CCCCCCCC(=O)O[C@H](COO)COP(=O)(O)OCC[N+](C)(C)C. The van der Waals surface area contributed by atoms with Gasteiger partial charge in [0.2, 0.25) is 0 Å². The van der Waals surface area contributed by atoms with Gasteiger partial charge in [0, 0.05) is 6.42 Å². The van der Waals surface area contributed by atoms with Crippen molar-refractivity contribution < 1.29 is 42.7 Å². The molecule has 9 nitrogen and oxygen atoms in total. The largest absolute Gasteiger partial charge is 0.472 e. The Labute approximate surface area is 219 Å². The predicted octanol–water partition coefficient (Wildman–Crippen LogP) is 6.27. The van der Waals surface area contributed by atoms with Crippen LogP contribution in [0, 0.1) is 0 Å². The van der Waals surface area contributed by atoms with Gasteiger partial charge in [0.1, 0.15) is 19.8 Å². The zero-order valence-corrected chi connectivity index (χ0v) is 24.1. The van der Waals surface area contributed by atoms with Gasteiger partial charge in [0.25, 0.3) is 0 Å². The Morgan fingerprint density at radius 2 is 1.42 bits per heavy atom. The first kappa shape index (κ1) is 35.2. The first-order valence-corrected chi connectivity index (χ1v) is 15.1. The molecule has 0 amide bonds. The van der Waals surface area contributed by atoms with Crippen LogP contribution in [0.15, 0.2) is 12.2 Å². The smallest absolute Gasteiger partial charge is 0.457 e. The molecular formula is C26H53NO8P+. The third-order valence-corrected chi connectivity index (χ3v) is 6.63. The molecule has 0 heterocycles. The fourth-order valence-electron chi connectivity index (χ4n) is 3.43. The van der Waals surface area contributed by atoms with Gasteiger partial charge < -0.3 is 14.1 Å². The lowest BCUT2D eigenvalue weighted by Gasteiger charge is -2.24. The lowest BCUT2D eigenvalue weighted by atomic mass is 10.1. The van der Waals surface area contributed by atoms with Crippen molar-refractivity contribution in [2.24, 2.45) is 0 Å². The monoisotopic (exact) mass is 538 g/mol. The maximum Gasteiger partial charge on any atom is 0.472 e. The summed E-state index contributed by atoms with van der Waals surface area (Å²) in [7, 11) is 1.49. The van der Waals surface area contributed by atoms with E-state index < -0.39 is 26.5 Å². The van der Waals surface area contributed by atoms with Crippen LogP contribution in [0.4, 0.5) is 0 Å². The summed E-state index contributed by atoms with van der Waals surface area (Å²) in [6.45, 7) is 2.01. The van der Waals surface area contributed by atoms with Crippen molar-refractivity contribution in [3.63, 3.8) is 0 Å². The number of unbranched alkanes of at least 4 members (excludes halogenated alkanes) is 11. The lowest BCUT2D eigenvalue weighted by molar-refractivity contribution is -0.870. The van der Waals surface area contributed by atoms with Crippen LogP contribution in [0.3, 0.4) is 0 Å². The molecule has 0 fully saturated rings. The Morgan fingerprint density at radius 1 is 0.861 bits per heavy atom. The molecule has 0 aromatic rings. The fraction of sp³-hybridized carbons (Fsp3) is 0.885. The molecule has 0 rings (SSSR count). The van der Waals surface area contributed by atoms with Crippen molar-refractivity contribution in [3.8, 4) is 0 Å². The van der Waals surface area contributed by atoms with E-state index in [1.54, 1.807) is 0 Å². The summed E-state index contributed by atoms with van der Waals surface area (Å²) < 4.78 is 27.6. The molecule has 214 valence electrons. The van der Waals surface area contributed by atoms with Crippen LogP contribution < -0.4 is 0 Å². The Morgan fingerprint density at radius 3 is 1.97 bits per heavy atom. The Balaban J connectivity index is 3.86. The zero-order chi connectivity index (χ0) is 27.1. The summed E-state index contributed by atoms with van der Waals surface area (Å²) in [5.74, 6) is -0.461. The van der Waals surface area contributed by atoms with Crippen LogP contribution in [0.2, 0.25) is 0 Å². The summed E-state index contributed by atoms with van der Waals surface area (Å²) in [6.07, 6.45) is 19.1. The average molecular weight is 539 g/mol. The molecule has 0 radical (unpaired) electrons. The number of nitrogens with zero attached hydrogens (tertiary/aromatic N) is 1. The number of rotatable bonds is 25. The van der Waals surface area contributed by atoms with Gasteiger partial charge in [-0.15, -0.1) is 0 Å². The summed E-state index contributed by atoms with van der Waals surface area (Å²) in [5.41, 5.74) is 0. The predicted molar refractivity (Wildman–Crippen MR) is 143 cm³/mol. The van der Waals surface area contributed by atoms with Gasteiger partial charge in [0.05, 0.1) is 27.7 Å². The Bertz CT molecular complexity index is 609. The Kier molecular flexibility index (Phi) is 21.7. The molecule has 2 atom stereocenters. The molecule has 10 heteroatoms. The van der Waals surface area contributed by atoms with Crippen molar-refractivity contribution in [1.82, 2.24) is 0 Å². The maximum absolute atomic E-state index is 12.1. The second-order valence-electron chi connectivity index (χ2n) is 10.4. The van der Waals surface area contributed by atoms with Crippen molar-refractivity contribution in [2.75, 3.05) is 47.5 Å². The number of hydrogen-bond donors (Lipinski definition) is 2. The third kappa shape index (κ3) is 24.9. The van der Waals surface area contributed by atoms with E-state index in [2.05, 4.69) is 24.0 Å². The first-order valence-electron chi connectivity index (χ1n) is 13.6. The van der Waals surface area contributed by atoms with Crippen LogP contribution in [-0.2, 0) is 28.0 Å². The minimum absolute atomic E-state index is 0.0354. The second kappa shape index (κ2) is 22.2. The molecule has 2 N–H and O–H groups in total. The quantitative estimate of drug-likeness (QED) is 0.0266. The molecule has 0 aliphatic rings. The number of carbonyl (C=O) groups is 1. The highest BCUT2D eigenvalue weighted by atomic mass is 31.2. The molecule has 0 bridgehead atoms. The lowest BCUT2D eigenvalue weighted by Crippen LogP contribution is -2.37. The van der Waals surface area contributed by atoms with E-state index in [0.717, 1.165) is 32.1 Å². The number of phosphoric ester groups is 1. The van der Waals surface area contributed by atoms with Gasteiger partial charge in [-0.25, -0.2) is 9.45 Å². The number of esters is 1. The van der Waals surface area contributed by atoms with E-state index in [-0.39, 0.29) is 19.6 Å². The molecule has 1 unspecified atom stereocenters. The van der Waals surface area contributed by atoms with Crippen LogP contribution in [0.1, 0.15) is 96.8 Å². The van der Waals surface area contributed by atoms with E-state index in [1.165, 1.54) is 44.9 Å². The summed E-state index contributed by atoms with van der Waals surface area (Å²) >= 11 is 0. The van der Waals surface area contributed by atoms with E-state index in [4.69, 9.17) is 19.0 Å². The van der Waals surface area contributed by atoms with Gasteiger partial charge in [-0.1, -0.05) is 70.4 Å². The first-order chi connectivity index (χ1) is 17.1. The molecule has 0 spiro atoms. The number of quaternary nitrogens is 1. The third-order valence-electron chi connectivity index (χ3n) is 5.64. The maximum atomic E-state index is 12.1. The fourth-order valence-corrected chi connectivity index (χ4v) is 4.17. The van der Waals surface area contributed by atoms with Crippen molar-refractivity contribution in [2.45, 2.75) is 103 Å². The zero-order valence-electron chi connectivity index (χ0n) is 23.2. The summed E-state index contributed by atoms with van der Waals surface area (Å²) in [4.78, 5) is 25.9. The van der Waals surface area contributed by atoms with E-state index in [9.17, 15) is 14.3 Å². The highest BCUT2D eigenvalue weighted by Gasteiger charge is 2.26. The normalized spacial score (nSPS) is 14.7. The van der Waals surface area contributed by atoms with Crippen molar-refractivity contribution in [3.05, 3.63) is 12.2 Å². The number of hydrogen-bond acceptors (Lipinski definition) is 7. The van der Waals surface area contributed by atoms with Crippen LogP contribution >= 0.6 is 7.82 Å².